The molecule has 0 aliphatic rings. The highest BCUT2D eigenvalue weighted by atomic mass is 16.5. The molecule has 5 heteroatoms. The zero-order chi connectivity index (χ0) is 16.8. The predicted octanol–water partition coefficient (Wildman–Crippen LogP) is 3.57. The quantitative estimate of drug-likeness (QED) is 0.597. The number of hydrogen-bond acceptors (Lipinski definition) is 4. The molecular formula is C18H26N2O3. The normalized spacial score (nSPS) is 10.9. The van der Waals surface area contributed by atoms with Gasteiger partial charge in [-0.15, -0.1) is 0 Å². The molecule has 0 spiro atoms. The van der Waals surface area contributed by atoms with Crippen molar-refractivity contribution >= 4 is 16.6 Å². The number of nitrogens with zero attached hydrogens (tertiary/aromatic N) is 1. The van der Waals surface area contributed by atoms with Crippen LogP contribution in [0.5, 0.6) is 11.5 Å². The van der Waals surface area contributed by atoms with Crippen LogP contribution in [-0.2, 0) is 6.54 Å². The highest BCUT2D eigenvalue weighted by Gasteiger charge is 2.18. The average molecular weight is 318 g/mol. The second-order valence-corrected chi connectivity index (χ2v) is 5.60. The second kappa shape index (κ2) is 7.90. The summed E-state index contributed by atoms with van der Waals surface area (Å²) >= 11 is 0. The Hall–Kier alpha value is -2.17. The Morgan fingerprint density at radius 2 is 1.91 bits per heavy atom. The highest BCUT2D eigenvalue weighted by molar-refractivity contribution is 5.90. The van der Waals surface area contributed by atoms with Gasteiger partial charge in [0, 0.05) is 17.6 Å². The molecule has 126 valence electrons. The number of nitrogen functional groups attached to an aromatic ring is 1. The number of ether oxygens (including phenoxy) is 2. The summed E-state index contributed by atoms with van der Waals surface area (Å²) in [5.41, 5.74) is 7.09. The van der Waals surface area contributed by atoms with Crippen molar-refractivity contribution in [3.05, 3.63) is 28.6 Å². The first-order chi connectivity index (χ1) is 11.1. The van der Waals surface area contributed by atoms with Gasteiger partial charge >= 0.3 is 0 Å². The van der Waals surface area contributed by atoms with Crippen LogP contribution in [0.1, 0.15) is 39.5 Å². The standard InChI is InChI=1S/C18H26N2O3/c1-4-6-7-8-11-23-17-16(22-3)14-10-9-13(19)12-15(14)20(5-2)18(17)21/h9-10,12H,4-8,11,19H2,1-3H3. The molecule has 1 aromatic carbocycles. The number of rotatable bonds is 8. The third kappa shape index (κ3) is 3.60. The number of nitrogens with two attached hydrogens (primary N) is 1. The zero-order valence-corrected chi connectivity index (χ0v) is 14.2. The van der Waals surface area contributed by atoms with Crippen LogP contribution in [0, 0.1) is 0 Å². The fourth-order valence-corrected chi connectivity index (χ4v) is 2.76. The SMILES string of the molecule is CCCCCCOc1c(OC)c2ccc(N)cc2n(CC)c1=O. The van der Waals surface area contributed by atoms with Crippen LogP contribution in [0.25, 0.3) is 10.9 Å². The highest BCUT2D eigenvalue weighted by Crippen LogP contribution is 2.33. The number of unbranched alkanes of at least 4 members (excludes halogenated alkanes) is 3. The van der Waals surface area contributed by atoms with Crippen molar-refractivity contribution in [2.24, 2.45) is 0 Å². The molecule has 2 rings (SSSR count). The van der Waals surface area contributed by atoms with Gasteiger partial charge in [0.1, 0.15) is 0 Å². The fourth-order valence-electron chi connectivity index (χ4n) is 2.76. The van der Waals surface area contributed by atoms with Crippen LogP contribution < -0.4 is 20.8 Å². The summed E-state index contributed by atoms with van der Waals surface area (Å²) in [7, 11) is 1.56. The maximum atomic E-state index is 12.7. The van der Waals surface area contributed by atoms with Crippen molar-refractivity contribution in [2.45, 2.75) is 46.1 Å². The van der Waals surface area contributed by atoms with E-state index >= 15 is 0 Å². The Balaban J connectivity index is 2.45. The predicted molar refractivity (Wildman–Crippen MR) is 94.5 cm³/mol. The first kappa shape index (κ1) is 17.2. The molecule has 0 aliphatic heterocycles. The van der Waals surface area contributed by atoms with E-state index in [2.05, 4.69) is 6.92 Å². The van der Waals surface area contributed by atoms with E-state index < -0.39 is 0 Å². The molecular weight excluding hydrogens is 292 g/mol. The maximum Gasteiger partial charge on any atom is 0.297 e. The summed E-state index contributed by atoms with van der Waals surface area (Å²) < 4.78 is 13.0. The van der Waals surface area contributed by atoms with Gasteiger partial charge < -0.3 is 19.8 Å². The number of hydrogen-bond donors (Lipinski definition) is 1. The van der Waals surface area contributed by atoms with Gasteiger partial charge in [-0.3, -0.25) is 4.79 Å². The van der Waals surface area contributed by atoms with E-state index in [0.717, 1.165) is 23.7 Å². The lowest BCUT2D eigenvalue weighted by Crippen LogP contribution is -2.23. The van der Waals surface area contributed by atoms with Gasteiger partial charge in [0.2, 0.25) is 5.75 Å². The third-order valence-electron chi connectivity index (χ3n) is 3.97. The second-order valence-electron chi connectivity index (χ2n) is 5.60. The maximum absolute atomic E-state index is 12.7. The Morgan fingerprint density at radius 1 is 1.13 bits per heavy atom. The first-order valence-corrected chi connectivity index (χ1v) is 8.26. The summed E-state index contributed by atoms with van der Waals surface area (Å²) in [6.45, 7) is 5.17. The fraction of sp³-hybridized carbons (Fsp3) is 0.500. The molecule has 0 radical (unpaired) electrons. The molecule has 2 aromatic rings. The molecule has 1 heterocycles. The molecule has 23 heavy (non-hydrogen) atoms. The number of fused-ring (bicyclic) bond motifs is 1. The molecule has 0 saturated carbocycles. The largest absolute Gasteiger partial charge is 0.492 e. The lowest BCUT2D eigenvalue weighted by atomic mass is 10.1. The Kier molecular flexibility index (Phi) is 5.90. The summed E-state index contributed by atoms with van der Waals surface area (Å²) in [5, 5.41) is 0.840. The van der Waals surface area contributed by atoms with Crippen molar-refractivity contribution in [3.8, 4) is 11.5 Å². The lowest BCUT2D eigenvalue weighted by molar-refractivity contribution is 0.280. The van der Waals surface area contributed by atoms with Gasteiger partial charge in [0.05, 0.1) is 19.2 Å². The van der Waals surface area contributed by atoms with Crippen LogP contribution in [0.3, 0.4) is 0 Å². The topological polar surface area (TPSA) is 66.5 Å². The molecule has 2 N–H and O–H groups in total. The zero-order valence-electron chi connectivity index (χ0n) is 14.2. The molecule has 0 atom stereocenters. The van der Waals surface area contributed by atoms with Crippen molar-refractivity contribution in [2.75, 3.05) is 19.5 Å². The molecule has 0 fully saturated rings. The minimum atomic E-state index is -0.169. The van der Waals surface area contributed by atoms with E-state index in [9.17, 15) is 4.79 Å². The number of pyridine rings is 1. The van der Waals surface area contributed by atoms with E-state index in [-0.39, 0.29) is 5.56 Å². The van der Waals surface area contributed by atoms with E-state index in [0.29, 0.717) is 30.3 Å². The van der Waals surface area contributed by atoms with Gasteiger partial charge in [-0.2, -0.15) is 0 Å². The van der Waals surface area contributed by atoms with Crippen molar-refractivity contribution < 1.29 is 9.47 Å². The van der Waals surface area contributed by atoms with Gasteiger partial charge in [-0.1, -0.05) is 26.2 Å². The van der Waals surface area contributed by atoms with E-state index in [1.165, 1.54) is 12.8 Å². The Bertz CT molecular complexity index is 722. The monoisotopic (exact) mass is 318 g/mol. The summed E-state index contributed by atoms with van der Waals surface area (Å²) in [6, 6.07) is 5.48. The van der Waals surface area contributed by atoms with Crippen LogP contribution in [0.2, 0.25) is 0 Å². The molecule has 0 aliphatic carbocycles. The van der Waals surface area contributed by atoms with Crippen molar-refractivity contribution in [3.63, 3.8) is 0 Å². The van der Waals surface area contributed by atoms with Crippen molar-refractivity contribution in [1.82, 2.24) is 4.57 Å². The smallest absolute Gasteiger partial charge is 0.297 e. The van der Waals surface area contributed by atoms with Crippen LogP contribution in [-0.4, -0.2) is 18.3 Å². The van der Waals surface area contributed by atoms with Gasteiger partial charge in [-0.25, -0.2) is 0 Å². The molecule has 0 bridgehead atoms. The number of benzene rings is 1. The lowest BCUT2D eigenvalue weighted by Gasteiger charge is -2.16. The molecule has 0 unspecified atom stereocenters. The average Bonchev–Trinajstić information content (AvgIpc) is 2.55. The molecule has 0 saturated heterocycles. The van der Waals surface area contributed by atoms with Gasteiger partial charge in [-0.05, 0) is 31.5 Å². The van der Waals surface area contributed by atoms with E-state index in [4.69, 9.17) is 15.2 Å². The van der Waals surface area contributed by atoms with E-state index in [1.807, 2.05) is 13.0 Å². The van der Waals surface area contributed by atoms with Crippen molar-refractivity contribution in [1.29, 1.82) is 0 Å². The molecule has 1 aromatic heterocycles. The van der Waals surface area contributed by atoms with Crippen LogP contribution in [0.15, 0.2) is 23.0 Å². The van der Waals surface area contributed by atoms with Gasteiger partial charge in [0.15, 0.2) is 5.75 Å². The Labute approximate surface area is 137 Å². The number of anilines is 1. The minimum Gasteiger partial charge on any atom is -0.492 e. The number of methoxy groups -OCH3 is 1. The minimum absolute atomic E-state index is 0.169. The molecule has 0 amide bonds. The summed E-state index contributed by atoms with van der Waals surface area (Å²) in [5.74, 6) is 0.785. The van der Waals surface area contributed by atoms with Crippen LogP contribution >= 0.6 is 0 Å². The Morgan fingerprint density at radius 3 is 2.57 bits per heavy atom. The number of aryl methyl sites for hydroxylation is 1. The van der Waals surface area contributed by atoms with Gasteiger partial charge in [0.25, 0.3) is 5.56 Å². The van der Waals surface area contributed by atoms with E-state index in [1.54, 1.807) is 23.8 Å². The summed E-state index contributed by atoms with van der Waals surface area (Å²) in [6.07, 6.45) is 4.38. The number of aromatic nitrogens is 1. The third-order valence-corrected chi connectivity index (χ3v) is 3.97. The molecule has 5 nitrogen and oxygen atoms in total. The first-order valence-electron chi connectivity index (χ1n) is 8.26. The van der Waals surface area contributed by atoms with Crippen LogP contribution in [0.4, 0.5) is 5.69 Å². The summed E-state index contributed by atoms with van der Waals surface area (Å²) in [4.78, 5) is 12.7.